The predicted octanol–water partition coefficient (Wildman–Crippen LogP) is 2.84. The molecule has 1 aromatic carbocycles. The Labute approximate surface area is 197 Å². The van der Waals surface area contributed by atoms with Crippen LogP contribution in [0.4, 0.5) is 11.5 Å². The van der Waals surface area contributed by atoms with Crippen LogP contribution in [0.1, 0.15) is 54.3 Å². The Morgan fingerprint density at radius 2 is 2.00 bits per heavy atom. The maximum absolute atomic E-state index is 13.2. The van der Waals surface area contributed by atoms with Gasteiger partial charge in [0.2, 0.25) is 0 Å². The topological polar surface area (TPSA) is 149 Å². The molecule has 1 aliphatic carbocycles. The van der Waals surface area contributed by atoms with Crippen LogP contribution in [-0.4, -0.2) is 43.7 Å². The number of nitrogens with two attached hydrogens (primary N) is 2. The molecule has 0 spiro atoms. The first-order valence-electron chi connectivity index (χ1n) is 11.5. The summed E-state index contributed by atoms with van der Waals surface area (Å²) in [6.45, 7) is 0. The minimum absolute atomic E-state index is 0.0269. The van der Waals surface area contributed by atoms with Crippen molar-refractivity contribution in [2.24, 2.45) is 5.73 Å². The van der Waals surface area contributed by atoms with Crippen LogP contribution in [0.3, 0.4) is 0 Å². The number of nitrogen functional groups attached to an aromatic ring is 1. The lowest BCUT2D eigenvalue weighted by molar-refractivity contribution is -0.202. The van der Waals surface area contributed by atoms with Gasteiger partial charge in [0.05, 0.1) is 36.0 Å². The number of aliphatic hydroxyl groups is 1. The molecule has 34 heavy (non-hydrogen) atoms. The smallest absolute Gasteiger partial charge is 0.278 e. The van der Waals surface area contributed by atoms with Gasteiger partial charge >= 0.3 is 0 Å². The number of carbonyl (C=O) groups excluding carboxylic acids is 1. The minimum atomic E-state index is -1.01. The van der Waals surface area contributed by atoms with Crippen LogP contribution >= 0.6 is 0 Å². The highest BCUT2D eigenvalue weighted by Crippen LogP contribution is 2.44. The van der Waals surface area contributed by atoms with E-state index in [-0.39, 0.29) is 23.7 Å². The van der Waals surface area contributed by atoms with E-state index in [2.05, 4.69) is 20.3 Å². The summed E-state index contributed by atoms with van der Waals surface area (Å²) in [5.74, 6) is -0.461. The fourth-order valence-electron chi connectivity index (χ4n) is 4.93. The zero-order chi connectivity index (χ0) is 23.7. The van der Waals surface area contributed by atoms with E-state index in [1.54, 1.807) is 24.7 Å². The van der Waals surface area contributed by atoms with E-state index in [0.717, 1.165) is 30.4 Å². The lowest BCUT2D eigenvalue weighted by Crippen LogP contribution is -2.62. The molecule has 9 heteroatoms. The van der Waals surface area contributed by atoms with Gasteiger partial charge in [-0.3, -0.25) is 9.78 Å². The second-order valence-electron chi connectivity index (χ2n) is 8.96. The molecule has 2 aromatic heterocycles. The normalized spacial score (nSPS) is 26.5. The molecular weight excluding hydrogens is 432 g/mol. The molecule has 3 aromatic rings. The van der Waals surface area contributed by atoms with Crippen molar-refractivity contribution in [1.82, 2.24) is 15.0 Å². The summed E-state index contributed by atoms with van der Waals surface area (Å²) in [5.41, 5.74) is 14.0. The standard InChI is InChI=1S/C25H28N6O3/c26-20-12-19(34-21-8-4-5-10-25(20,21)33)16-9-11-28-13-18(16)31-24(32)22-23(27)29-14-17(30-22)15-6-2-1-3-7-15/h1-3,6-7,9,11,13-14,19-21,33H,4-5,8,10,12,26H2,(H2,27,29)(H,31,32)/t19-,20-,21-,25+/m0/s1. The van der Waals surface area contributed by atoms with Gasteiger partial charge in [0.25, 0.3) is 5.91 Å². The van der Waals surface area contributed by atoms with Gasteiger partial charge in [-0.2, -0.15) is 0 Å². The number of amides is 1. The van der Waals surface area contributed by atoms with Crippen LogP contribution in [0.15, 0.2) is 55.0 Å². The van der Waals surface area contributed by atoms with E-state index in [0.29, 0.717) is 24.2 Å². The lowest BCUT2D eigenvalue weighted by atomic mass is 9.73. The SMILES string of the molecule is Nc1ncc(-c2ccccc2)nc1C(=O)Nc1cnccc1[C@@H]1C[C@H](N)[C@]2(O)CCCC[C@@H]2O1. The summed E-state index contributed by atoms with van der Waals surface area (Å²) < 4.78 is 6.32. The second kappa shape index (κ2) is 9.09. The van der Waals surface area contributed by atoms with Crippen molar-refractivity contribution in [3.05, 3.63) is 66.2 Å². The number of carbonyl (C=O) groups is 1. The third kappa shape index (κ3) is 4.13. The van der Waals surface area contributed by atoms with E-state index < -0.39 is 17.6 Å². The molecule has 0 unspecified atom stereocenters. The fraction of sp³-hybridized carbons (Fsp3) is 0.360. The van der Waals surface area contributed by atoms with Gasteiger partial charge in [0.15, 0.2) is 11.5 Å². The third-order valence-corrected chi connectivity index (χ3v) is 6.83. The van der Waals surface area contributed by atoms with Crippen molar-refractivity contribution >= 4 is 17.4 Å². The molecule has 1 saturated carbocycles. The summed E-state index contributed by atoms with van der Waals surface area (Å²) in [6.07, 6.45) is 7.79. The van der Waals surface area contributed by atoms with E-state index in [1.165, 1.54) is 0 Å². The van der Waals surface area contributed by atoms with Crippen molar-refractivity contribution in [2.75, 3.05) is 11.1 Å². The van der Waals surface area contributed by atoms with Crippen LogP contribution in [0, 0.1) is 0 Å². The van der Waals surface area contributed by atoms with Crippen LogP contribution in [0.2, 0.25) is 0 Å². The Balaban J connectivity index is 1.40. The van der Waals surface area contributed by atoms with Gasteiger partial charge < -0.3 is 26.6 Å². The van der Waals surface area contributed by atoms with Gasteiger partial charge in [-0.1, -0.05) is 43.2 Å². The first-order chi connectivity index (χ1) is 16.5. The predicted molar refractivity (Wildman–Crippen MR) is 128 cm³/mol. The first-order valence-corrected chi connectivity index (χ1v) is 11.5. The third-order valence-electron chi connectivity index (χ3n) is 6.83. The van der Waals surface area contributed by atoms with E-state index in [1.807, 2.05) is 30.3 Å². The first kappa shape index (κ1) is 22.4. The fourth-order valence-corrected chi connectivity index (χ4v) is 4.93. The van der Waals surface area contributed by atoms with Crippen molar-refractivity contribution in [2.45, 2.75) is 56.0 Å². The molecule has 2 aliphatic rings. The van der Waals surface area contributed by atoms with Crippen LogP contribution in [0.25, 0.3) is 11.3 Å². The Kier molecular flexibility index (Phi) is 5.99. The highest BCUT2D eigenvalue weighted by Gasteiger charge is 2.50. The highest BCUT2D eigenvalue weighted by molar-refractivity contribution is 6.06. The molecule has 5 rings (SSSR count). The number of anilines is 2. The quantitative estimate of drug-likeness (QED) is 0.464. The molecule has 6 N–H and O–H groups in total. The number of hydrogen-bond acceptors (Lipinski definition) is 8. The molecule has 4 atom stereocenters. The molecule has 0 bridgehead atoms. The summed E-state index contributed by atoms with van der Waals surface area (Å²) in [5, 5.41) is 13.9. The Bertz CT molecular complexity index is 1190. The van der Waals surface area contributed by atoms with Crippen LogP contribution in [-0.2, 0) is 4.74 Å². The Morgan fingerprint density at radius 1 is 1.18 bits per heavy atom. The highest BCUT2D eigenvalue weighted by atomic mass is 16.5. The molecule has 9 nitrogen and oxygen atoms in total. The maximum atomic E-state index is 13.2. The number of nitrogens with zero attached hydrogens (tertiary/aromatic N) is 3. The number of aromatic nitrogens is 3. The molecule has 0 radical (unpaired) electrons. The Hall–Kier alpha value is -3.40. The van der Waals surface area contributed by atoms with E-state index in [4.69, 9.17) is 16.2 Å². The molecule has 2 fully saturated rings. The van der Waals surface area contributed by atoms with Crippen molar-refractivity contribution < 1.29 is 14.6 Å². The van der Waals surface area contributed by atoms with Crippen LogP contribution < -0.4 is 16.8 Å². The number of benzene rings is 1. The minimum Gasteiger partial charge on any atom is -0.386 e. The van der Waals surface area contributed by atoms with Gasteiger partial charge in [0.1, 0.15) is 5.60 Å². The molecule has 176 valence electrons. The summed E-state index contributed by atoms with van der Waals surface area (Å²) in [6, 6.07) is 10.8. The summed E-state index contributed by atoms with van der Waals surface area (Å²) >= 11 is 0. The van der Waals surface area contributed by atoms with Crippen molar-refractivity contribution in [3.8, 4) is 11.3 Å². The van der Waals surface area contributed by atoms with Gasteiger partial charge in [-0.15, -0.1) is 0 Å². The molecule has 3 heterocycles. The molecule has 1 aliphatic heterocycles. The number of fused-ring (bicyclic) bond motifs is 1. The van der Waals surface area contributed by atoms with E-state index in [9.17, 15) is 9.90 Å². The van der Waals surface area contributed by atoms with Gasteiger partial charge in [-0.25, -0.2) is 9.97 Å². The Morgan fingerprint density at radius 3 is 2.82 bits per heavy atom. The number of pyridine rings is 1. The van der Waals surface area contributed by atoms with Gasteiger partial charge in [-0.05, 0) is 25.3 Å². The average Bonchev–Trinajstić information content (AvgIpc) is 2.85. The molecular formula is C25H28N6O3. The summed E-state index contributed by atoms with van der Waals surface area (Å²) in [7, 11) is 0. The van der Waals surface area contributed by atoms with Gasteiger partial charge in [0, 0.05) is 23.4 Å². The second-order valence-corrected chi connectivity index (χ2v) is 8.96. The lowest BCUT2D eigenvalue weighted by Gasteiger charge is -2.49. The summed E-state index contributed by atoms with van der Waals surface area (Å²) in [4.78, 5) is 26.0. The van der Waals surface area contributed by atoms with Crippen molar-refractivity contribution in [1.29, 1.82) is 0 Å². The molecule has 1 amide bonds. The van der Waals surface area contributed by atoms with E-state index >= 15 is 0 Å². The average molecular weight is 461 g/mol. The van der Waals surface area contributed by atoms with Crippen LogP contribution in [0.5, 0.6) is 0 Å². The number of rotatable bonds is 4. The molecule has 1 saturated heterocycles. The number of hydrogen-bond donors (Lipinski definition) is 4. The number of ether oxygens (including phenoxy) is 1. The van der Waals surface area contributed by atoms with Crippen molar-refractivity contribution in [3.63, 3.8) is 0 Å². The number of nitrogens with one attached hydrogen (secondary N) is 1. The zero-order valence-corrected chi connectivity index (χ0v) is 18.7. The zero-order valence-electron chi connectivity index (χ0n) is 18.7. The largest absolute Gasteiger partial charge is 0.386 e. The monoisotopic (exact) mass is 460 g/mol. The maximum Gasteiger partial charge on any atom is 0.278 e.